The van der Waals surface area contributed by atoms with Crippen molar-refractivity contribution in [3.8, 4) is 0 Å². The van der Waals surface area contributed by atoms with Gasteiger partial charge in [0.25, 0.3) is 0 Å². The molecule has 3 nitrogen and oxygen atoms in total. The number of sulfone groups is 1. The summed E-state index contributed by atoms with van der Waals surface area (Å²) in [5, 5.41) is 3.19. The molecule has 0 amide bonds. The second kappa shape index (κ2) is 6.38. The summed E-state index contributed by atoms with van der Waals surface area (Å²) in [4.78, 5) is 0. The van der Waals surface area contributed by atoms with Crippen LogP contribution >= 0.6 is 0 Å². The molecule has 0 saturated carbocycles. The fraction of sp³-hybridized carbons (Fsp3) is 1.00. The van der Waals surface area contributed by atoms with Crippen LogP contribution in [0.25, 0.3) is 0 Å². The van der Waals surface area contributed by atoms with Crippen molar-refractivity contribution in [2.45, 2.75) is 39.7 Å². The van der Waals surface area contributed by atoms with E-state index in [2.05, 4.69) is 12.2 Å². The van der Waals surface area contributed by atoms with Crippen LogP contribution in [0.5, 0.6) is 0 Å². The summed E-state index contributed by atoms with van der Waals surface area (Å²) in [5.41, 5.74) is 0. The van der Waals surface area contributed by atoms with Gasteiger partial charge in [-0.25, -0.2) is 8.42 Å². The Morgan fingerprint density at radius 3 is 2.23 bits per heavy atom. The van der Waals surface area contributed by atoms with E-state index in [0.29, 0.717) is 0 Å². The minimum atomic E-state index is -2.83. The Bertz CT molecular complexity index is 206. The third-order valence-electron chi connectivity index (χ3n) is 2.02. The monoisotopic (exact) mass is 207 g/mol. The largest absolute Gasteiger partial charge is 0.313 e. The lowest BCUT2D eigenvalue weighted by atomic mass is 10.2. The van der Waals surface area contributed by atoms with Gasteiger partial charge in [-0.2, -0.15) is 0 Å². The lowest BCUT2D eigenvalue weighted by molar-refractivity contribution is 0.513. The van der Waals surface area contributed by atoms with E-state index in [-0.39, 0.29) is 17.5 Å². The maximum Gasteiger partial charge on any atom is 0.151 e. The molecule has 0 aromatic heterocycles. The highest BCUT2D eigenvalue weighted by molar-refractivity contribution is 7.91. The molecule has 0 fully saturated rings. The number of nitrogens with one attached hydrogen (secondary N) is 1. The van der Waals surface area contributed by atoms with Crippen molar-refractivity contribution in [2.24, 2.45) is 0 Å². The van der Waals surface area contributed by atoms with Gasteiger partial charge in [-0.05, 0) is 13.0 Å². The minimum Gasteiger partial charge on any atom is -0.313 e. The summed E-state index contributed by atoms with van der Waals surface area (Å²) in [5.74, 6) is 0.532. The molecule has 0 heterocycles. The predicted molar refractivity (Wildman–Crippen MR) is 56.7 cm³/mol. The van der Waals surface area contributed by atoms with Gasteiger partial charge in [0.2, 0.25) is 0 Å². The Morgan fingerprint density at radius 2 is 1.85 bits per heavy atom. The van der Waals surface area contributed by atoms with Crippen molar-refractivity contribution in [1.29, 1.82) is 0 Å². The Labute approximate surface area is 81.8 Å². The molecule has 0 aliphatic rings. The summed E-state index contributed by atoms with van der Waals surface area (Å²) in [7, 11) is -2.83. The number of hydrogen-bond donors (Lipinski definition) is 1. The summed E-state index contributed by atoms with van der Waals surface area (Å²) in [6.07, 6.45) is 1.96. The molecule has 0 radical (unpaired) electrons. The van der Waals surface area contributed by atoms with Gasteiger partial charge in [0, 0.05) is 11.8 Å². The fourth-order valence-electron chi connectivity index (χ4n) is 1.31. The van der Waals surface area contributed by atoms with Crippen LogP contribution in [0.3, 0.4) is 0 Å². The van der Waals surface area contributed by atoms with E-state index in [1.54, 1.807) is 6.92 Å². The van der Waals surface area contributed by atoms with E-state index >= 15 is 0 Å². The fourth-order valence-corrected chi connectivity index (χ4v) is 2.44. The number of hydrogen-bond acceptors (Lipinski definition) is 3. The highest BCUT2D eigenvalue weighted by Gasteiger charge is 2.15. The Hall–Kier alpha value is -0.0900. The second-order valence-corrected chi connectivity index (χ2v) is 5.64. The van der Waals surface area contributed by atoms with Crippen molar-refractivity contribution < 1.29 is 8.42 Å². The van der Waals surface area contributed by atoms with E-state index in [1.807, 2.05) is 6.92 Å². The molecular weight excluding hydrogens is 186 g/mol. The van der Waals surface area contributed by atoms with E-state index in [1.165, 1.54) is 0 Å². The third kappa shape index (κ3) is 6.05. The quantitative estimate of drug-likeness (QED) is 0.682. The Kier molecular flexibility index (Phi) is 6.33. The minimum absolute atomic E-state index is 0.139. The summed E-state index contributed by atoms with van der Waals surface area (Å²) in [6.45, 7) is 6.61. The average Bonchev–Trinajstić information content (AvgIpc) is 2.05. The Balaban J connectivity index is 4.08. The maximum atomic E-state index is 11.3. The zero-order valence-corrected chi connectivity index (χ0v) is 9.65. The van der Waals surface area contributed by atoms with Crippen LogP contribution in [0.15, 0.2) is 0 Å². The van der Waals surface area contributed by atoms with Crippen LogP contribution < -0.4 is 5.32 Å². The van der Waals surface area contributed by atoms with Crippen LogP contribution in [0, 0.1) is 0 Å². The normalized spacial score (nSPS) is 14.4. The molecule has 0 rings (SSSR count). The van der Waals surface area contributed by atoms with Crippen LogP contribution in [0.2, 0.25) is 0 Å². The summed E-state index contributed by atoms with van der Waals surface area (Å²) in [6, 6.07) is 0.139. The smallest absolute Gasteiger partial charge is 0.151 e. The predicted octanol–water partition coefficient (Wildman–Crippen LogP) is 1.20. The van der Waals surface area contributed by atoms with Crippen molar-refractivity contribution in [1.82, 2.24) is 5.32 Å². The van der Waals surface area contributed by atoms with E-state index < -0.39 is 9.84 Å². The van der Waals surface area contributed by atoms with Crippen molar-refractivity contribution in [3.05, 3.63) is 0 Å². The molecule has 0 aromatic carbocycles. The molecule has 0 bridgehead atoms. The molecule has 0 saturated heterocycles. The molecule has 0 aliphatic heterocycles. The SMILES string of the molecule is CCCC(CS(=O)(=O)CC)NCC. The van der Waals surface area contributed by atoms with Gasteiger partial charge < -0.3 is 5.32 Å². The van der Waals surface area contributed by atoms with Gasteiger partial charge in [0.1, 0.15) is 0 Å². The van der Waals surface area contributed by atoms with Gasteiger partial charge in [-0.3, -0.25) is 0 Å². The van der Waals surface area contributed by atoms with Gasteiger partial charge in [-0.15, -0.1) is 0 Å². The molecule has 0 spiro atoms. The number of rotatable bonds is 7. The van der Waals surface area contributed by atoms with Crippen molar-refractivity contribution in [3.63, 3.8) is 0 Å². The highest BCUT2D eigenvalue weighted by atomic mass is 32.2. The van der Waals surface area contributed by atoms with Crippen molar-refractivity contribution in [2.75, 3.05) is 18.1 Å². The van der Waals surface area contributed by atoms with Crippen LogP contribution in [-0.4, -0.2) is 32.5 Å². The van der Waals surface area contributed by atoms with Crippen LogP contribution in [0.4, 0.5) is 0 Å². The standard InChI is InChI=1S/C9H21NO2S/c1-4-7-9(10-5-2)8-13(11,12)6-3/h9-10H,4-8H2,1-3H3. The molecule has 4 heteroatoms. The van der Waals surface area contributed by atoms with E-state index in [4.69, 9.17) is 0 Å². The first-order valence-corrected chi connectivity index (χ1v) is 6.81. The lowest BCUT2D eigenvalue weighted by Crippen LogP contribution is -2.35. The summed E-state index contributed by atoms with van der Waals surface area (Å²) >= 11 is 0. The van der Waals surface area contributed by atoms with E-state index in [9.17, 15) is 8.42 Å². The third-order valence-corrected chi connectivity index (χ3v) is 3.81. The molecular formula is C9H21NO2S. The summed E-state index contributed by atoms with van der Waals surface area (Å²) < 4.78 is 22.6. The highest BCUT2D eigenvalue weighted by Crippen LogP contribution is 2.01. The molecule has 0 aliphatic carbocycles. The second-order valence-electron chi connectivity index (χ2n) is 3.24. The molecule has 80 valence electrons. The first-order valence-electron chi connectivity index (χ1n) is 4.99. The molecule has 0 aromatic rings. The molecule has 1 N–H and O–H groups in total. The molecule has 1 unspecified atom stereocenters. The zero-order valence-electron chi connectivity index (χ0n) is 8.84. The van der Waals surface area contributed by atoms with Gasteiger partial charge in [0.05, 0.1) is 5.75 Å². The lowest BCUT2D eigenvalue weighted by Gasteiger charge is -2.16. The first kappa shape index (κ1) is 12.9. The van der Waals surface area contributed by atoms with Crippen LogP contribution in [0.1, 0.15) is 33.6 Å². The van der Waals surface area contributed by atoms with E-state index in [0.717, 1.165) is 19.4 Å². The molecule has 13 heavy (non-hydrogen) atoms. The van der Waals surface area contributed by atoms with Crippen LogP contribution in [-0.2, 0) is 9.84 Å². The topological polar surface area (TPSA) is 46.2 Å². The zero-order chi connectivity index (χ0) is 10.3. The van der Waals surface area contributed by atoms with Gasteiger partial charge in [0.15, 0.2) is 9.84 Å². The van der Waals surface area contributed by atoms with Gasteiger partial charge >= 0.3 is 0 Å². The first-order chi connectivity index (χ1) is 6.05. The Morgan fingerprint density at radius 1 is 1.23 bits per heavy atom. The average molecular weight is 207 g/mol. The molecule has 1 atom stereocenters. The van der Waals surface area contributed by atoms with Gasteiger partial charge in [-0.1, -0.05) is 27.2 Å². The van der Waals surface area contributed by atoms with Crippen molar-refractivity contribution >= 4 is 9.84 Å². The maximum absolute atomic E-state index is 11.3.